The third-order valence-electron chi connectivity index (χ3n) is 5.43. The summed E-state index contributed by atoms with van der Waals surface area (Å²) in [6, 6.07) is 9.40. The van der Waals surface area contributed by atoms with Crippen molar-refractivity contribution >= 4 is 17.5 Å². The fourth-order valence-electron chi connectivity index (χ4n) is 3.54. The highest BCUT2D eigenvalue weighted by molar-refractivity contribution is 5.74. The van der Waals surface area contributed by atoms with Gasteiger partial charge in [0, 0.05) is 12.3 Å². The number of pyridine rings is 1. The standard InChI is InChI=1S/C27H35N5O5/c1-17(33)37-26(27(2,3)4)32-23-9-7-8-19(31-23)16-36-11-10-18-12-21(24(35-6)22(28)13-18)25-29-14-20(34-5)15-30-25/h7-9,12-15,26H,10-11,16,28H2,1-6H3,(H,31,32). The summed E-state index contributed by atoms with van der Waals surface area (Å²) in [5.74, 6) is 1.82. The molecule has 0 aliphatic rings. The van der Waals surface area contributed by atoms with Gasteiger partial charge in [-0.05, 0) is 36.2 Å². The molecule has 0 bridgehead atoms. The number of nitrogens with zero attached hydrogens (tertiary/aromatic N) is 3. The maximum Gasteiger partial charge on any atom is 0.304 e. The van der Waals surface area contributed by atoms with Gasteiger partial charge in [-0.2, -0.15) is 0 Å². The Morgan fingerprint density at radius 3 is 2.46 bits per heavy atom. The number of nitrogens with two attached hydrogens (primary N) is 1. The van der Waals surface area contributed by atoms with Gasteiger partial charge in [-0.1, -0.05) is 26.8 Å². The van der Waals surface area contributed by atoms with Gasteiger partial charge in [-0.3, -0.25) is 4.79 Å². The van der Waals surface area contributed by atoms with E-state index in [-0.39, 0.29) is 11.4 Å². The van der Waals surface area contributed by atoms with E-state index in [0.29, 0.717) is 54.0 Å². The highest BCUT2D eigenvalue weighted by Crippen LogP contribution is 2.35. The number of methoxy groups -OCH3 is 2. The van der Waals surface area contributed by atoms with Gasteiger partial charge >= 0.3 is 5.97 Å². The molecule has 0 spiro atoms. The van der Waals surface area contributed by atoms with Gasteiger partial charge in [-0.25, -0.2) is 15.0 Å². The highest BCUT2D eigenvalue weighted by Gasteiger charge is 2.27. The van der Waals surface area contributed by atoms with Crippen molar-refractivity contribution in [3.8, 4) is 22.9 Å². The quantitative estimate of drug-likeness (QED) is 0.167. The van der Waals surface area contributed by atoms with Crippen molar-refractivity contribution in [1.82, 2.24) is 15.0 Å². The van der Waals surface area contributed by atoms with E-state index < -0.39 is 6.23 Å². The first kappa shape index (κ1) is 27.7. The zero-order valence-corrected chi connectivity index (χ0v) is 22.2. The second-order valence-electron chi connectivity index (χ2n) is 9.53. The summed E-state index contributed by atoms with van der Waals surface area (Å²) in [6.45, 7) is 8.12. The number of benzene rings is 1. The summed E-state index contributed by atoms with van der Waals surface area (Å²) >= 11 is 0. The van der Waals surface area contributed by atoms with Crippen molar-refractivity contribution < 1.29 is 23.7 Å². The van der Waals surface area contributed by atoms with Crippen LogP contribution in [-0.4, -0.2) is 48.0 Å². The van der Waals surface area contributed by atoms with Crippen molar-refractivity contribution in [2.45, 2.75) is 47.0 Å². The van der Waals surface area contributed by atoms with Crippen LogP contribution in [0.15, 0.2) is 42.7 Å². The first-order valence-corrected chi connectivity index (χ1v) is 11.9. The summed E-state index contributed by atoms with van der Waals surface area (Å²) in [6.07, 6.45) is 3.30. The van der Waals surface area contributed by atoms with Crippen LogP contribution in [0.2, 0.25) is 0 Å². The molecular formula is C27H35N5O5. The zero-order chi connectivity index (χ0) is 27.0. The first-order chi connectivity index (χ1) is 17.6. The molecule has 3 rings (SSSR count). The van der Waals surface area contributed by atoms with E-state index in [1.54, 1.807) is 26.6 Å². The van der Waals surface area contributed by atoms with Gasteiger partial charge in [0.2, 0.25) is 0 Å². The van der Waals surface area contributed by atoms with Crippen LogP contribution < -0.4 is 20.5 Å². The molecule has 0 radical (unpaired) electrons. The number of carbonyl (C=O) groups is 1. The third kappa shape index (κ3) is 7.78. The molecule has 0 aliphatic carbocycles. The Balaban J connectivity index is 1.63. The van der Waals surface area contributed by atoms with Crippen LogP contribution in [0.5, 0.6) is 11.5 Å². The highest BCUT2D eigenvalue weighted by atomic mass is 16.6. The summed E-state index contributed by atoms with van der Waals surface area (Å²) in [5, 5.41) is 3.20. The number of anilines is 2. The smallest absolute Gasteiger partial charge is 0.304 e. The average Bonchev–Trinajstić information content (AvgIpc) is 2.85. The van der Waals surface area contributed by atoms with Crippen LogP contribution in [0.4, 0.5) is 11.5 Å². The summed E-state index contributed by atoms with van der Waals surface area (Å²) in [7, 11) is 3.12. The Bertz CT molecular complexity index is 1190. The Labute approximate surface area is 217 Å². The van der Waals surface area contributed by atoms with Crippen molar-refractivity contribution in [3.05, 3.63) is 54.0 Å². The molecular weight excluding hydrogens is 474 g/mol. The monoisotopic (exact) mass is 509 g/mol. The maximum absolute atomic E-state index is 11.5. The predicted octanol–water partition coefficient (Wildman–Crippen LogP) is 4.24. The topological polar surface area (TPSA) is 131 Å². The second-order valence-corrected chi connectivity index (χ2v) is 9.53. The van der Waals surface area contributed by atoms with Crippen LogP contribution in [0.25, 0.3) is 11.4 Å². The van der Waals surface area contributed by atoms with Gasteiger partial charge in [0.1, 0.15) is 5.82 Å². The Morgan fingerprint density at radius 2 is 1.84 bits per heavy atom. The van der Waals surface area contributed by atoms with E-state index in [1.807, 2.05) is 51.1 Å². The molecule has 2 heterocycles. The van der Waals surface area contributed by atoms with Gasteiger partial charge in [0.15, 0.2) is 23.6 Å². The van der Waals surface area contributed by atoms with Crippen LogP contribution >= 0.6 is 0 Å². The number of nitrogens with one attached hydrogen (secondary N) is 1. The molecule has 3 aromatic rings. The molecule has 198 valence electrons. The van der Waals surface area contributed by atoms with Gasteiger partial charge in [-0.15, -0.1) is 0 Å². The van der Waals surface area contributed by atoms with Crippen molar-refractivity contribution in [2.75, 3.05) is 31.9 Å². The number of rotatable bonds is 11. The molecule has 1 atom stereocenters. The SMILES string of the molecule is COc1cnc(-c2cc(CCOCc3cccc(NC(OC(C)=O)C(C)(C)C)n3)cc(N)c2OC)nc1. The second kappa shape index (κ2) is 12.4. The number of nitrogen functional groups attached to an aromatic ring is 1. The third-order valence-corrected chi connectivity index (χ3v) is 5.43. The minimum absolute atomic E-state index is 0.310. The lowest BCUT2D eigenvalue weighted by Crippen LogP contribution is -2.38. The molecule has 1 unspecified atom stereocenters. The van der Waals surface area contributed by atoms with Crippen LogP contribution in [0, 0.1) is 5.41 Å². The summed E-state index contributed by atoms with van der Waals surface area (Å²) < 4.78 is 22.0. The average molecular weight is 510 g/mol. The van der Waals surface area contributed by atoms with E-state index in [0.717, 1.165) is 11.3 Å². The molecule has 3 N–H and O–H groups in total. The lowest BCUT2D eigenvalue weighted by atomic mass is 9.94. The van der Waals surface area contributed by atoms with Crippen molar-refractivity contribution in [1.29, 1.82) is 0 Å². The minimum Gasteiger partial charge on any atom is -0.494 e. The number of hydrogen-bond donors (Lipinski definition) is 2. The molecule has 0 aliphatic heterocycles. The first-order valence-electron chi connectivity index (χ1n) is 11.9. The maximum atomic E-state index is 11.5. The lowest BCUT2D eigenvalue weighted by molar-refractivity contribution is -0.149. The van der Waals surface area contributed by atoms with E-state index in [2.05, 4.69) is 20.3 Å². The Kier molecular flexibility index (Phi) is 9.24. The molecule has 10 heteroatoms. The number of aromatic nitrogens is 3. The number of esters is 1. The molecule has 10 nitrogen and oxygen atoms in total. The summed E-state index contributed by atoms with van der Waals surface area (Å²) in [5.41, 5.74) is 8.84. The van der Waals surface area contributed by atoms with Gasteiger partial charge < -0.3 is 30.0 Å². The zero-order valence-electron chi connectivity index (χ0n) is 22.2. The number of hydrogen-bond acceptors (Lipinski definition) is 10. The van der Waals surface area contributed by atoms with Crippen molar-refractivity contribution in [2.24, 2.45) is 5.41 Å². The fourth-order valence-corrected chi connectivity index (χ4v) is 3.54. The fraction of sp³-hybridized carbons (Fsp3) is 0.407. The van der Waals surface area contributed by atoms with E-state index in [1.165, 1.54) is 6.92 Å². The molecule has 0 saturated carbocycles. The summed E-state index contributed by atoms with van der Waals surface area (Å²) in [4.78, 5) is 24.8. The number of carbonyl (C=O) groups excluding carboxylic acids is 1. The van der Waals surface area contributed by atoms with Gasteiger partial charge in [0.05, 0.1) is 56.8 Å². The largest absolute Gasteiger partial charge is 0.494 e. The molecule has 2 aromatic heterocycles. The van der Waals surface area contributed by atoms with E-state index >= 15 is 0 Å². The van der Waals surface area contributed by atoms with Crippen molar-refractivity contribution in [3.63, 3.8) is 0 Å². The van der Waals surface area contributed by atoms with Gasteiger partial charge in [0.25, 0.3) is 0 Å². The molecule has 1 aromatic carbocycles. The minimum atomic E-state index is -0.516. The van der Waals surface area contributed by atoms with E-state index in [4.69, 9.17) is 24.7 Å². The molecule has 0 amide bonds. The molecule has 0 saturated heterocycles. The van der Waals surface area contributed by atoms with Crippen LogP contribution in [0.1, 0.15) is 39.0 Å². The van der Waals surface area contributed by atoms with Crippen LogP contribution in [0.3, 0.4) is 0 Å². The molecule has 37 heavy (non-hydrogen) atoms. The Morgan fingerprint density at radius 1 is 1.11 bits per heavy atom. The van der Waals surface area contributed by atoms with Crippen LogP contribution in [-0.2, 0) is 27.3 Å². The van der Waals surface area contributed by atoms with E-state index in [9.17, 15) is 4.79 Å². The Hall–Kier alpha value is -3.92. The predicted molar refractivity (Wildman–Crippen MR) is 141 cm³/mol. The lowest BCUT2D eigenvalue weighted by Gasteiger charge is -2.30. The normalized spacial score (nSPS) is 12.1. The number of ether oxygens (including phenoxy) is 4. The molecule has 0 fully saturated rings.